The normalized spacial score (nSPS) is 10.7. The number of pyridine rings is 1. The number of rotatable bonds is 4. The predicted octanol–water partition coefficient (Wildman–Crippen LogP) is 1.05. The molecule has 0 saturated carbocycles. The van der Waals surface area contributed by atoms with E-state index in [1.807, 2.05) is 12.4 Å². The second-order valence-electron chi connectivity index (χ2n) is 3.70. The Labute approximate surface area is 98.7 Å². The zero-order valence-electron chi connectivity index (χ0n) is 9.59. The number of fused-ring (bicyclic) bond motifs is 1. The maximum absolute atomic E-state index is 11.5. The Kier molecular flexibility index (Phi) is 3.39. The Bertz CT molecular complexity index is 534. The number of esters is 1. The molecule has 0 aromatic carbocycles. The lowest BCUT2D eigenvalue weighted by Gasteiger charge is -2.00. The first-order valence-electron chi connectivity index (χ1n) is 5.42. The van der Waals surface area contributed by atoms with Gasteiger partial charge in [-0.2, -0.15) is 0 Å². The third-order valence-electron chi connectivity index (χ3n) is 2.53. The van der Waals surface area contributed by atoms with Crippen LogP contribution in [-0.4, -0.2) is 34.2 Å². The van der Waals surface area contributed by atoms with Crippen molar-refractivity contribution in [2.75, 3.05) is 13.7 Å². The van der Waals surface area contributed by atoms with Crippen LogP contribution in [-0.2, 0) is 11.2 Å². The number of aryl methyl sites for hydroxylation is 1. The highest BCUT2D eigenvalue weighted by atomic mass is 16.5. The molecule has 5 nitrogen and oxygen atoms in total. The minimum Gasteiger partial charge on any atom is -0.465 e. The van der Waals surface area contributed by atoms with Crippen molar-refractivity contribution < 1.29 is 14.6 Å². The van der Waals surface area contributed by atoms with E-state index < -0.39 is 5.97 Å². The summed E-state index contributed by atoms with van der Waals surface area (Å²) in [6.07, 6.45) is 5.05. The van der Waals surface area contributed by atoms with Gasteiger partial charge in [-0.25, -0.2) is 9.78 Å². The number of aromatic nitrogens is 2. The Morgan fingerprint density at radius 1 is 1.59 bits per heavy atom. The molecule has 0 spiro atoms. The molecule has 0 bridgehead atoms. The van der Waals surface area contributed by atoms with E-state index in [9.17, 15) is 4.79 Å². The zero-order valence-corrected chi connectivity index (χ0v) is 9.59. The first-order chi connectivity index (χ1) is 8.26. The number of ether oxygens (including phenoxy) is 1. The van der Waals surface area contributed by atoms with Crippen molar-refractivity contribution in [1.82, 2.24) is 9.38 Å². The van der Waals surface area contributed by atoms with Gasteiger partial charge < -0.3 is 14.2 Å². The molecule has 0 radical (unpaired) electrons. The van der Waals surface area contributed by atoms with Gasteiger partial charge in [0.15, 0.2) is 5.65 Å². The van der Waals surface area contributed by atoms with E-state index in [1.165, 1.54) is 7.11 Å². The van der Waals surface area contributed by atoms with Crippen LogP contribution >= 0.6 is 0 Å². The summed E-state index contributed by atoms with van der Waals surface area (Å²) in [5.41, 5.74) is 1.90. The Hall–Kier alpha value is -1.88. The number of carbonyl (C=O) groups is 1. The number of imidazole rings is 1. The molecule has 2 heterocycles. The highest BCUT2D eigenvalue weighted by Crippen LogP contribution is 2.13. The predicted molar refractivity (Wildman–Crippen MR) is 61.9 cm³/mol. The minimum absolute atomic E-state index is 0.137. The van der Waals surface area contributed by atoms with Crippen molar-refractivity contribution >= 4 is 11.6 Å². The average Bonchev–Trinajstić information content (AvgIpc) is 2.77. The van der Waals surface area contributed by atoms with Crippen molar-refractivity contribution in [2.24, 2.45) is 0 Å². The van der Waals surface area contributed by atoms with Gasteiger partial charge in [0.05, 0.1) is 12.8 Å². The molecule has 0 aliphatic rings. The number of carbonyl (C=O) groups excluding carboxylic acids is 1. The molecule has 2 aromatic rings. The van der Waals surface area contributed by atoms with Gasteiger partial charge in [0.25, 0.3) is 0 Å². The molecule has 2 aromatic heterocycles. The fraction of sp³-hybridized carbons (Fsp3) is 0.333. The Morgan fingerprint density at radius 3 is 3.12 bits per heavy atom. The van der Waals surface area contributed by atoms with Crippen molar-refractivity contribution in [1.29, 1.82) is 0 Å². The van der Waals surface area contributed by atoms with Crippen molar-refractivity contribution in [3.63, 3.8) is 0 Å². The number of aliphatic hydroxyl groups excluding tert-OH is 1. The zero-order chi connectivity index (χ0) is 12.3. The van der Waals surface area contributed by atoms with E-state index in [4.69, 9.17) is 9.84 Å². The molecule has 0 amide bonds. The number of methoxy groups -OCH3 is 1. The summed E-state index contributed by atoms with van der Waals surface area (Å²) in [6, 6.07) is 3.46. The second-order valence-corrected chi connectivity index (χ2v) is 3.70. The van der Waals surface area contributed by atoms with Crippen LogP contribution in [0.3, 0.4) is 0 Å². The van der Waals surface area contributed by atoms with Gasteiger partial charge in [0, 0.05) is 19.0 Å². The second kappa shape index (κ2) is 4.97. The van der Waals surface area contributed by atoms with Crippen LogP contribution in [0.15, 0.2) is 24.5 Å². The molecule has 0 atom stereocenters. The van der Waals surface area contributed by atoms with Crippen molar-refractivity contribution in [3.8, 4) is 0 Å². The molecule has 5 heteroatoms. The molecular formula is C12H14N2O3. The SMILES string of the molecule is COC(=O)c1cccn2cc(CCCO)nc12. The average molecular weight is 234 g/mol. The third kappa shape index (κ3) is 2.29. The Balaban J connectivity index is 2.42. The standard InChI is InChI=1S/C12H14N2O3/c1-17-12(16)10-5-2-6-14-8-9(4-3-7-15)13-11(10)14/h2,5-6,8,15H,3-4,7H2,1H3. The smallest absolute Gasteiger partial charge is 0.341 e. The van der Waals surface area contributed by atoms with Gasteiger partial charge in [0.2, 0.25) is 0 Å². The van der Waals surface area contributed by atoms with Crippen molar-refractivity contribution in [3.05, 3.63) is 35.8 Å². The van der Waals surface area contributed by atoms with Gasteiger partial charge in [-0.1, -0.05) is 0 Å². The summed E-state index contributed by atoms with van der Waals surface area (Å²) in [4.78, 5) is 15.9. The maximum Gasteiger partial charge on any atom is 0.341 e. The van der Waals surface area contributed by atoms with Crippen molar-refractivity contribution in [2.45, 2.75) is 12.8 Å². The molecule has 1 N–H and O–H groups in total. The van der Waals surface area contributed by atoms with E-state index in [2.05, 4.69) is 4.98 Å². The quantitative estimate of drug-likeness (QED) is 0.803. The largest absolute Gasteiger partial charge is 0.465 e. The van der Waals surface area contributed by atoms with Crippen LogP contribution in [0.4, 0.5) is 0 Å². The van der Waals surface area contributed by atoms with Crippen LogP contribution in [0.25, 0.3) is 5.65 Å². The van der Waals surface area contributed by atoms with Gasteiger partial charge in [-0.3, -0.25) is 0 Å². The topological polar surface area (TPSA) is 63.8 Å². The molecule has 0 unspecified atom stereocenters. The summed E-state index contributed by atoms with van der Waals surface area (Å²) >= 11 is 0. The van der Waals surface area contributed by atoms with E-state index in [0.29, 0.717) is 24.1 Å². The molecule has 0 aliphatic carbocycles. The summed E-state index contributed by atoms with van der Waals surface area (Å²) in [5.74, 6) is -0.394. The monoisotopic (exact) mass is 234 g/mol. The fourth-order valence-corrected chi connectivity index (χ4v) is 1.71. The summed E-state index contributed by atoms with van der Waals surface area (Å²) in [6.45, 7) is 0.137. The van der Waals surface area contributed by atoms with E-state index in [-0.39, 0.29) is 6.61 Å². The van der Waals surface area contributed by atoms with Gasteiger partial charge in [0.1, 0.15) is 5.56 Å². The number of nitrogens with zero attached hydrogens (tertiary/aromatic N) is 2. The molecular weight excluding hydrogens is 220 g/mol. The van der Waals surface area contributed by atoms with Gasteiger partial charge >= 0.3 is 5.97 Å². The minimum atomic E-state index is -0.394. The van der Waals surface area contributed by atoms with Crippen LogP contribution in [0, 0.1) is 0 Å². The summed E-state index contributed by atoms with van der Waals surface area (Å²) < 4.78 is 6.49. The number of hydrogen-bond acceptors (Lipinski definition) is 4. The number of aliphatic hydroxyl groups is 1. The molecule has 0 aliphatic heterocycles. The summed E-state index contributed by atoms with van der Waals surface area (Å²) in [5, 5.41) is 8.77. The molecule has 90 valence electrons. The first kappa shape index (κ1) is 11.6. The first-order valence-corrected chi connectivity index (χ1v) is 5.42. The highest BCUT2D eigenvalue weighted by Gasteiger charge is 2.12. The van der Waals surface area contributed by atoms with E-state index in [0.717, 1.165) is 5.69 Å². The van der Waals surface area contributed by atoms with Gasteiger partial charge in [-0.05, 0) is 25.0 Å². The molecule has 17 heavy (non-hydrogen) atoms. The highest BCUT2D eigenvalue weighted by molar-refractivity contribution is 5.95. The molecule has 0 saturated heterocycles. The summed E-state index contributed by atoms with van der Waals surface area (Å²) in [7, 11) is 1.35. The number of hydrogen-bond donors (Lipinski definition) is 1. The van der Waals surface area contributed by atoms with Crippen LogP contribution in [0.5, 0.6) is 0 Å². The van der Waals surface area contributed by atoms with E-state index >= 15 is 0 Å². The lowest BCUT2D eigenvalue weighted by Crippen LogP contribution is -2.03. The van der Waals surface area contributed by atoms with Crippen LogP contribution in [0.1, 0.15) is 22.5 Å². The lowest BCUT2D eigenvalue weighted by atomic mass is 10.2. The van der Waals surface area contributed by atoms with Gasteiger partial charge in [-0.15, -0.1) is 0 Å². The Morgan fingerprint density at radius 2 is 2.41 bits per heavy atom. The van der Waals surface area contributed by atoms with Crippen LogP contribution < -0.4 is 0 Å². The third-order valence-corrected chi connectivity index (χ3v) is 2.53. The maximum atomic E-state index is 11.5. The molecule has 2 rings (SSSR count). The lowest BCUT2D eigenvalue weighted by molar-refractivity contribution is 0.0602. The van der Waals surface area contributed by atoms with E-state index in [1.54, 1.807) is 16.5 Å². The fourth-order valence-electron chi connectivity index (χ4n) is 1.71. The van der Waals surface area contributed by atoms with Crippen LogP contribution in [0.2, 0.25) is 0 Å². The molecule has 0 fully saturated rings.